The van der Waals surface area contributed by atoms with E-state index < -0.39 is 7.14 Å². The Bertz CT molecular complexity index is 291. The molecule has 0 saturated heterocycles. The molecule has 3 heteroatoms. The molecule has 0 spiro atoms. The number of benzene rings is 1. The third kappa shape index (κ3) is 4.87. The van der Waals surface area contributed by atoms with E-state index in [1.165, 1.54) is 5.56 Å². The van der Waals surface area contributed by atoms with Crippen LogP contribution in [-0.4, -0.2) is 19.6 Å². The first-order valence-corrected chi connectivity index (χ1v) is 7.15. The zero-order chi connectivity index (χ0) is 9.73. The lowest BCUT2D eigenvalue weighted by molar-refractivity contribution is 0.576. The van der Waals surface area contributed by atoms with Crippen molar-refractivity contribution >= 4 is 7.14 Å². The summed E-state index contributed by atoms with van der Waals surface area (Å²) >= 11 is 0. The minimum atomic E-state index is -1.91. The van der Waals surface area contributed by atoms with Gasteiger partial charge in [-0.1, -0.05) is 30.3 Å². The van der Waals surface area contributed by atoms with Gasteiger partial charge in [0.25, 0.3) is 0 Å². The van der Waals surface area contributed by atoms with Crippen molar-refractivity contribution in [1.29, 1.82) is 0 Å². The summed E-state index contributed by atoms with van der Waals surface area (Å²) in [4.78, 5) is 0. The highest BCUT2D eigenvalue weighted by Crippen LogP contribution is 2.33. The van der Waals surface area contributed by atoms with Crippen LogP contribution in [0.3, 0.4) is 0 Å². The van der Waals surface area contributed by atoms with E-state index in [1.807, 2.05) is 18.2 Å². The smallest absolute Gasteiger partial charge is 0.0949 e. The van der Waals surface area contributed by atoms with Crippen LogP contribution in [-0.2, 0) is 11.1 Å². The van der Waals surface area contributed by atoms with Crippen LogP contribution in [0.15, 0.2) is 30.3 Å². The highest BCUT2D eigenvalue weighted by atomic mass is 31.2. The molecule has 0 radical (unpaired) electrons. The number of hydrogen-bond acceptors (Lipinski definition) is 2. The monoisotopic (exact) mass is 197 g/mol. The predicted molar refractivity (Wildman–Crippen MR) is 57.6 cm³/mol. The Morgan fingerprint density at radius 3 is 2.38 bits per heavy atom. The van der Waals surface area contributed by atoms with Gasteiger partial charge < -0.3 is 9.88 Å². The van der Waals surface area contributed by atoms with Crippen LogP contribution in [0.2, 0.25) is 0 Å². The van der Waals surface area contributed by atoms with Gasteiger partial charge in [-0.25, -0.2) is 0 Å². The Morgan fingerprint density at radius 1 is 1.23 bits per heavy atom. The first-order valence-electron chi connectivity index (χ1n) is 4.36. The van der Waals surface area contributed by atoms with Crippen molar-refractivity contribution in [2.45, 2.75) is 6.54 Å². The van der Waals surface area contributed by atoms with Gasteiger partial charge in [0.05, 0.1) is 7.14 Å². The van der Waals surface area contributed by atoms with Gasteiger partial charge in [0.1, 0.15) is 0 Å². The number of hydrogen-bond donors (Lipinski definition) is 1. The molecule has 1 rings (SSSR count). The SMILES string of the molecule is CP(C)(=O)CNCc1ccccc1. The summed E-state index contributed by atoms with van der Waals surface area (Å²) in [5.74, 6) is 0. The lowest BCUT2D eigenvalue weighted by Gasteiger charge is -2.08. The molecular weight excluding hydrogens is 181 g/mol. The molecule has 0 aliphatic heterocycles. The highest BCUT2D eigenvalue weighted by Gasteiger charge is 2.04. The fourth-order valence-corrected chi connectivity index (χ4v) is 1.72. The summed E-state index contributed by atoms with van der Waals surface area (Å²) in [6, 6.07) is 10.1. The molecule has 0 amide bonds. The van der Waals surface area contributed by atoms with Crippen LogP contribution in [0, 0.1) is 0 Å². The molecule has 13 heavy (non-hydrogen) atoms. The molecule has 0 atom stereocenters. The summed E-state index contributed by atoms with van der Waals surface area (Å²) in [5.41, 5.74) is 1.23. The van der Waals surface area contributed by atoms with E-state index in [2.05, 4.69) is 17.4 Å². The van der Waals surface area contributed by atoms with Gasteiger partial charge in [0, 0.05) is 12.8 Å². The van der Waals surface area contributed by atoms with E-state index in [-0.39, 0.29) is 0 Å². The summed E-state index contributed by atoms with van der Waals surface area (Å²) in [5, 5.41) is 3.18. The first kappa shape index (κ1) is 10.5. The molecule has 0 aromatic heterocycles. The molecule has 1 N–H and O–H groups in total. The van der Waals surface area contributed by atoms with E-state index >= 15 is 0 Å². The van der Waals surface area contributed by atoms with E-state index in [0.29, 0.717) is 6.29 Å². The summed E-state index contributed by atoms with van der Waals surface area (Å²) in [7, 11) is -1.91. The van der Waals surface area contributed by atoms with E-state index in [9.17, 15) is 4.57 Å². The van der Waals surface area contributed by atoms with Crippen molar-refractivity contribution in [2.75, 3.05) is 19.6 Å². The Morgan fingerprint density at radius 2 is 1.85 bits per heavy atom. The maximum Gasteiger partial charge on any atom is 0.0949 e. The van der Waals surface area contributed by atoms with Gasteiger partial charge in [-0.2, -0.15) is 0 Å². The van der Waals surface area contributed by atoms with Crippen molar-refractivity contribution in [3.8, 4) is 0 Å². The second kappa shape index (κ2) is 4.59. The van der Waals surface area contributed by atoms with Gasteiger partial charge in [0.15, 0.2) is 0 Å². The maximum absolute atomic E-state index is 11.3. The van der Waals surface area contributed by atoms with Crippen LogP contribution < -0.4 is 5.32 Å². The van der Waals surface area contributed by atoms with Crippen molar-refractivity contribution in [3.05, 3.63) is 35.9 Å². The molecule has 1 aromatic carbocycles. The maximum atomic E-state index is 11.3. The van der Waals surface area contributed by atoms with Gasteiger partial charge in [-0.05, 0) is 18.9 Å². The van der Waals surface area contributed by atoms with Gasteiger partial charge >= 0.3 is 0 Å². The largest absolute Gasteiger partial charge is 0.323 e. The average Bonchev–Trinajstić information content (AvgIpc) is 2.04. The summed E-state index contributed by atoms with van der Waals surface area (Å²) in [6.45, 7) is 4.39. The minimum Gasteiger partial charge on any atom is -0.323 e. The number of rotatable bonds is 4. The standard InChI is InChI=1S/C10H16NOP/c1-13(2,12)9-11-8-10-6-4-3-5-7-10/h3-7,11H,8-9H2,1-2H3. The van der Waals surface area contributed by atoms with E-state index in [1.54, 1.807) is 13.3 Å². The number of nitrogens with one attached hydrogen (secondary N) is 1. The second-order valence-electron chi connectivity index (χ2n) is 3.64. The molecule has 0 aliphatic carbocycles. The molecule has 72 valence electrons. The zero-order valence-electron chi connectivity index (χ0n) is 8.16. The predicted octanol–water partition coefficient (Wildman–Crippen LogP) is 2.36. The Kier molecular flexibility index (Phi) is 3.71. The molecule has 0 fully saturated rings. The Balaban J connectivity index is 2.33. The third-order valence-electron chi connectivity index (χ3n) is 1.66. The Hall–Kier alpha value is -0.590. The van der Waals surface area contributed by atoms with Gasteiger partial charge in [-0.3, -0.25) is 0 Å². The van der Waals surface area contributed by atoms with Crippen molar-refractivity contribution in [3.63, 3.8) is 0 Å². The zero-order valence-corrected chi connectivity index (χ0v) is 9.05. The molecule has 0 bridgehead atoms. The van der Waals surface area contributed by atoms with Crippen LogP contribution in [0.5, 0.6) is 0 Å². The van der Waals surface area contributed by atoms with E-state index in [4.69, 9.17) is 0 Å². The molecular formula is C10H16NOP. The lowest BCUT2D eigenvalue weighted by Crippen LogP contribution is -2.14. The van der Waals surface area contributed by atoms with Crippen molar-refractivity contribution in [1.82, 2.24) is 5.32 Å². The fourth-order valence-electron chi connectivity index (χ4n) is 1.07. The second-order valence-corrected chi connectivity index (χ2v) is 7.11. The molecule has 1 aromatic rings. The molecule has 0 unspecified atom stereocenters. The average molecular weight is 197 g/mol. The molecule has 0 aliphatic rings. The third-order valence-corrected chi connectivity index (χ3v) is 2.65. The highest BCUT2D eigenvalue weighted by molar-refractivity contribution is 7.62. The van der Waals surface area contributed by atoms with Crippen LogP contribution in [0.4, 0.5) is 0 Å². The summed E-state index contributed by atoms with van der Waals surface area (Å²) in [6.07, 6.45) is 0.613. The fraction of sp³-hybridized carbons (Fsp3) is 0.400. The van der Waals surface area contributed by atoms with Gasteiger partial charge in [-0.15, -0.1) is 0 Å². The molecule has 0 heterocycles. The van der Waals surface area contributed by atoms with Crippen molar-refractivity contribution in [2.24, 2.45) is 0 Å². The topological polar surface area (TPSA) is 29.1 Å². The Labute approximate surface area is 79.7 Å². The van der Waals surface area contributed by atoms with Crippen molar-refractivity contribution < 1.29 is 4.57 Å². The van der Waals surface area contributed by atoms with Crippen LogP contribution in [0.1, 0.15) is 5.56 Å². The summed E-state index contributed by atoms with van der Waals surface area (Å²) < 4.78 is 11.3. The van der Waals surface area contributed by atoms with Crippen LogP contribution in [0.25, 0.3) is 0 Å². The lowest BCUT2D eigenvalue weighted by atomic mass is 10.2. The molecule has 0 saturated carbocycles. The first-order chi connectivity index (χ1) is 6.08. The quantitative estimate of drug-likeness (QED) is 0.751. The van der Waals surface area contributed by atoms with Crippen LogP contribution >= 0.6 is 7.14 Å². The van der Waals surface area contributed by atoms with Gasteiger partial charge in [0.2, 0.25) is 0 Å². The normalized spacial score (nSPS) is 11.5. The minimum absolute atomic E-state index is 0.613. The van der Waals surface area contributed by atoms with E-state index in [0.717, 1.165) is 6.54 Å². The molecule has 2 nitrogen and oxygen atoms in total.